The summed E-state index contributed by atoms with van der Waals surface area (Å²) in [7, 11) is -3.88. The maximum Gasteiger partial charge on any atom is 0.262 e. The van der Waals surface area contributed by atoms with Gasteiger partial charge in [-0.25, -0.2) is 18.5 Å². The first kappa shape index (κ1) is 20.7. The molecule has 0 unspecified atom stereocenters. The van der Waals surface area contributed by atoms with Crippen molar-refractivity contribution in [3.63, 3.8) is 0 Å². The van der Waals surface area contributed by atoms with Crippen LogP contribution in [0.3, 0.4) is 0 Å². The highest BCUT2D eigenvalue weighted by molar-refractivity contribution is 7.89. The average Bonchev–Trinajstić information content (AvgIpc) is 3.31. The summed E-state index contributed by atoms with van der Waals surface area (Å²) in [5.74, 6) is 0.215. The number of thiazole rings is 1. The molecule has 7 nitrogen and oxygen atoms in total. The molecule has 4 rings (SSSR count). The number of anilines is 1. The van der Waals surface area contributed by atoms with Crippen LogP contribution < -0.4 is 15.2 Å². The van der Waals surface area contributed by atoms with Crippen molar-refractivity contribution in [1.29, 1.82) is 0 Å². The Morgan fingerprint density at radius 1 is 1.27 bits per heavy atom. The number of aryl methyl sites for hydroxylation is 2. The quantitative estimate of drug-likeness (QED) is 0.450. The fourth-order valence-corrected chi connectivity index (χ4v) is 5.94. The predicted molar refractivity (Wildman–Crippen MR) is 121 cm³/mol. The summed E-state index contributed by atoms with van der Waals surface area (Å²) in [6, 6.07) is 8.51. The van der Waals surface area contributed by atoms with E-state index >= 15 is 0 Å². The minimum absolute atomic E-state index is 0.00900. The molecule has 3 N–H and O–H groups in total. The Morgan fingerprint density at radius 2 is 2.07 bits per heavy atom. The van der Waals surface area contributed by atoms with E-state index in [2.05, 4.69) is 10.3 Å². The van der Waals surface area contributed by atoms with E-state index in [-0.39, 0.29) is 11.5 Å². The number of benzene rings is 2. The first-order valence-electron chi connectivity index (χ1n) is 9.12. The number of fused-ring (bicyclic) bond motifs is 3. The average molecular weight is 462 g/mol. The standard InChI is InChI=1S/C20H19N3O4S3/c1-3-12-4-5-13(8-17(12)30(21,25)26)23-18(24)10-27-15-9-16-19(22-11(2)29-16)20-14(15)6-7-28-20/h4-9H,3,10H2,1-2H3,(H,23,24)(H2,21,25,26). The smallest absolute Gasteiger partial charge is 0.262 e. The van der Waals surface area contributed by atoms with E-state index < -0.39 is 15.9 Å². The SMILES string of the molecule is CCc1ccc(NC(=O)COc2cc3sc(C)nc3c3sccc23)cc1S(N)(=O)=O. The molecule has 0 bridgehead atoms. The molecule has 156 valence electrons. The Kier molecular flexibility index (Phi) is 5.49. The molecular weight excluding hydrogens is 442 g/mol. The van der Waals surface area contributed by atoms with Crippen LogP contribution in [0.15, 0.2) is 40.6 Å². The van der Waals surface area contributed by atoms with Crippen LogP contribution >= 0.6 is 22.7 Å². The molecule has 0 aliphatic carbocycles. The zero-order valence-electron chi connectivity index (χ0n) is 16.3. The van der Waals surface area contributed by atoms with Gasteiger partial charge in [0.2, 0.25) is 10.0 Å². The van der Waals surface area contributed by atoms with Crippen molar-refractivity contribution in [2.24, 2.45) is 5.14 Å². The number of nitrogens with zero attached hydrogens (tertiary/aromatic N) is 1. The third-order valence-corrected chi connectivity index (χ3v) is 7.40. The second-order valence-corrected chi connectivity index (χ2v) is 10.4. The lowest BCUT2D eigenvalue weighted by molar-refractivity contribution is -0.118. The van der Waals surface area contributed by atoms with Crippen LogP contribution in [-0.2, 0) is 21.2 Å². The Bertz CT molecular complexity index is 1370. The number of nitrogens with two attached hydrogens (primary N) is 1. The number of aromatic nitrogens is 1. The number of primary sulfonamides is 1. The normalized spacial score (nSPS) is 11.8. The molecule has 0 fully saturated rings. The lowest BCUT2D eigenvalue weighted by Crippen LogP contribution is -2.21. The van der Waals surface area contributed by atoms with Gasteiger partial charge in [0, 0.05) is 17.1 Å². The van der Waals surface area contributed by atoms with Crippen molar-refractivity contribution in [3.8, 4) is 5.75 Å². The highest BCUT2D eigenvalue weighted by Crippen LogP contribution is 2.38. The summed E-state index contributed by atoms with van der Waals surface area (Å²) in [5, 5.41) is 11.8. The first-order valence-corrected chi connectivity index (χ1v) is 12.4. The van der Waals surface area contributed by atoms with Gasteiger partial charge in [0.25, 0.3) is 5.91 Å². The zero-order valence-corrected chi connectivity index (χ0v) is 18.7. The van der Waals surface area contributed by atoms with Crippen LogP contribution in [0.4, 0.5) is 5.69 Å². The summed E-state index contributed by atoms with van der Waals surface area (Å²) < 4.78 is 31.4. The van der Waals surface area contributed by atoms with Gasteiger partial charge >= 0.3 is 0 Å². The molecule has 0 radical (unpaired) electrons. The molecule has 0 atom stereocenters. The monoisotopic (exact) mass is 461 g/mol. The molecule has 1 amide bonds. The number of amides is 1. The first-order chi connectivity index (χ1) is 14.3. The van der Waals surface area contributed by atoms with Gasteiger partial charge in [-0.1, -0.05) is 13.0 Å². The molecule has 10 heteroatoms. The number of sulfonamides is 1. The molecule has 2 heterocycles. The molecule has 0 aliphatic heterocycles. The van der Waals surface area contributed by atoms with Gasteiger partial charge in [-0.2, -0.15) is 0 Å². The number of hydrogen-bond donors (Lipinski definition) is 2. The zero-order chi connectivity index (χ0) is 21.5. The summed E-state index contributed by atoms with van der Waals surface area (Å²) >= 11 is 3.16. The van der Waals surface area contributed by atoms with E-state index in [1.54, 1.807) is 34.8 Å². The van der Waals surface area contributed by atoms with Crippen LogP contribution in [0.2, 0.25) is 0 Å². The Hall–Kier alpha value is -2.53. The van der Waals surface area contributed by atoms with Crippen LogP contribution in [0, 0.1) is 6.92 Å². The van der Waals surface area contributed by atoms with Crippen molar-refractivity contribution in [3.05, 3.63) is 46.3 Å². The van der Waals surface area contributed by atoms with E-state index in [0.717, 1.165) is 25.3 Å². The number of nitrogens with one attached hydrogen (secondary N) is 1. The Morgan fingerprint density at radius 3 is 2.80 bits per heavy atom. The molecule has 2 aromatic heterocycles. The number of hydrogen-bond acceptors (Lipinski definition) is 7. The number of ether oxygens (including phenoxy) is 1. The summed E-state index contributed by atoms with van der Waals surface area (Å²) in [5.41, 5.74) is 1.89. The van der Waals surface area contributed by atoms with Crippen molar-refractivity contribution in [1.82, 2.24) is 4.98 Å². The Labute approximate surface area is 181 Å². The second-order valence-electron chi connectivity index (χ2n) is 6.68. The maximum atomic E-state index is 12.4. The van der Waals surface area contributed by atoms with Crippen LogP contribution in [-0.4, -0.2) is 25.9 Å². The van der Waals surface area contributed by atoms with Gasteiger partial charge < -0.3 is 10.1 Å². The molecule has 30 heavy (non-hydrogen) atoms. The molecule has 0 aliphatic rings. The minimum Gasteiger partial charge on any atom is -0.483 e. The van der Waals surface area contributed by atoms with Gasteiger partial charge in [-0.3, -0.25) is 4.79 Å². The molecule has 2 aromatic carbocycles. The van der Waals surface area contributed by atoms with E-state index in [1.165, 1.54) is 6.07 Å². The van der Waals surface area contributed by atoms with E-state index in [0.29, 0.717) is 23.4 Å². The van der Waals surface area contributed by atoms with Gasteiger partial charge in [-0.05, 0) is 42.5 Å². The van der Waals surface area contributed by atoms with E-state index in [1.807, 2.05) is 31.4 Å². The van der Waals surface area contributed by atoms with Crippen LogP contribution in [0.5, 0.6) is 5.75 Å². The molecular formula is C20H19N3O4S3. The minimum atomic E-state index is -3.88. The molecule has 0 saturated carbocycles. The number of carbonyl (C=O) groups is 1. The van der Waals surface area contributed by atoms with Crippen molar-refractivity contribution >= 4 is 64.6 Å². The maximum absolute atomic E-state index is 12.4. The fourth-order valence-electron chi connectivity index (χ4n) is 3.24. The van der Waals surface area contributed by atoms with E-state index in [4.69, 9.17) is 9.88 Å². The third kappa shape index (κ3) is 4.04. The fraction of sp³-hybridized carbons (Fsp3) is 0.200. The number of rotatable bonds is 6. The second kappa shape index (κ2) is 7.95. The number of thiophene rings is 1. The predicted octanol–water partition coefficient (Wildman–Crippen LogP) is 4.05. The van der Waals surface area contributed by atoms with Crippen LogP contribution in [0.25, 0.3) is 20.3 Å². The molecule has 4 aromatic rings. The van der Waals surface area contributed by atoms with Crippen molar-refractivity contribution in [2.45, 2.75) is 25.2 Å². The Balaban J connectivity index is 1.54. The van der Waals surface area contributed by atoms with Gasteiger partial charge in [0.05, 0.1) is 24.8 Å². The topological polar surface area (TPSA) is 111 Å². The number of carbonyl (C=O) groups excluding carboxylic acids is 1. The van der Waals surface area contributed by atoms with Crippen LogP contribution in [0.1, 0.15) is 17.5 Å². The van der Waals surface area contributed by atoms with Gasteiger partial charge in [-0.15, -0.1) is 22.7 Å². The van der Waals surface area contributed by atoms with Gasteiger partial charge in [0.1, 0.15) is 5.75 Å². The molecule has 0 saturated heterocycles. The third-order valence-electron chi connectivity index (χ3n) is 4.57. The van der Waals surface area contributed by atoms with E-state index in [9.17, 15) is 13.2 Å². The highest BCUT2D eigenvalue weighted by Gasteiger charge is 2.16. The highest BCUT2D eigenvalue weighted by atomic mass is 32.2. The van der Waals surface area contributed by atoms with Crippen molar-refractivity contribution < 1.29 is 17.9 Å². The summed E-state index contributed by atoms with van der Waals surface area (Å²) in [4.78, 5) is 17.0. The van der Waals surface area contributed by atoms with Crippen molar-refractivity contribution in [2.75, 3.05) is 11.9 Å². The largest absolute Gasteiger partial charge is 0.483 e. The lowest BCUT2D eigenvalue weighted by Gasteiger charge is -2.11. The summed E-state index contributed by atoms with van der Waals surface area (Å²) in [6.45, 7) is 3.58. The molecule has 0 spiro atoms. The lowest BCUT2D eigenvalue weighted by atomic mass is 10.1. The van der Waals surface area contributed by atoms with Gasteiger partial charge in [0.15, 0.2) is 6.61 Å². The summed E-state index contributed by atoms with van der Waals surface area (Å²) in [6.07, 6.45) is 0.513.